The minimum atomic E-state index is -0.459. The molecule has 130 valence electrons. The predicted octanol–water partition coefficient (Wildman–Crippen LogP) is 3.67. The summed E-state index contributed by atoms with van der Waals surface area (Å²) in [7, 11) is 1.60. The number of para-hydroxylation sites is 1. The van der Waals surface area contributed by atoms with Crippen LogP contribution in [0.25, 0.3) is 6.08 Å². The lowest BCUT2D eigenvalue weighted by Crippen LogP contribution is -2.28. The molecular weight excluding hydrogens is 320 g/mol. The van der Waals surface area contributed by atoms with Crippen molar-refractivity contribution in [3.8, 4) is 5.75 Å². The zero-order valence-corrected chi connectivity index (χ0v) is 14.2. The first-order valence-corrected chi connectivity index (χ1v) is 7.88. The number of ether oxygens (including phenoxy) is 1. The summed E-state index contributed by atoms with van der Waals surface area (Å²) in [6.45, 7) is 2.88. The fourth-order valence-electron chi connectivity index (χ4n) is 2.36. The first-order chi connectivity index (χ1) is 12.0. The Labute approximate surface area is 146 Å². The van der Waals surface area contributed by atoms with Crippen LogP contribution in [0.2, 0.25) is 0 Å². The number of hydrogen-bond acceptors (Lipinski definition) is 4. The Kier molecular flexibility index (Phi) is 6.28. The van der Waals surface area contributed by atoms with Gasteiger partial charge in [0, 0.05) is 25.2 Å². The van der Waals surface area contributed by atoms with Crippen molar-refractivity contribution in [2.75, 3.05) is 13.7 Å². The zero-order valence-electron chi connectivity index (χ0n) is 14.2. The molecule has 0 unspecified atom stereocenters. The van der Waals surface area contributed by atoms with Crippen LogP contribution in [0.4, 0.5) is 5.69 Å². The van der Waals surface area contributed by atoms with Crippen LogP contribution < -0.4 is 4.74 Å². The van der Waals surface area contributed by atoms with Crippen molar-refractivity contribution in [3.63, 3.8) is 0 Å². The van der Waals surface area contributed by atoms with Gasteiger partial charge in [-0.1, -0.05) is 24.3 Å². The average molecular weight is 340 g/mol. The van der Waals surface area contributed by atoms with E-state index >= 15 is 0 Å². The molecule has 2 rings (SSSR count). The van der Waals surface area contributed by atoms with E-state index < -0.39 is 4.92 Å². The van der Waals surface area contributed by atoms with E-state index in [1.807, 2.05) is 31.2 Å². The molecule has 0 atom stereocenters. The smallest absolute Gasteiger partial charge is 0.276 e. The van der Waals surface area contributed by atoms with E-state index in [0.717, 1.165) is 11.3 Å². The molecule has 0 fully saturated rings. The van der Waals surface area contributed by atoms with Gasteiger partial charge in [0.1, 0.15) is 5.75 Å². The van der Waals surface area contributed by atoms with E-state index in [2.05, 4.69) is 0 Å². The third kappa shape index (κ3) is 4.91. The summed E-state index contributed by atoms with van der Waals surface area (Å²) >= 11 is 0. The summed E-state index contributed by atoms with van der Waals surface area (Å²) in [5, 5.41) is 11.0. The Bertz CT molecular complexity index is 769. The van der Waals surface area contributed by atoms with Crippen LogP contribution in [0.3, 0.4) is 0 Å². The van der Waals surface area contributed by atoms with Crippen molar-refractivity contribution in [2.24, 2.45) is 0 Å². The lowest BCUT2D eigenvalue weighted by molar-refractivity contribution is -0.385. The molecule has 0 saturated carbocycles. The van der Waals surface area contributed by atoms with Gasteiger partial charge in [-0.3, -0.25) is 14.9 Å². The van der Waals surface area contributed by atoms with E-state index in [1.54, 1.807) is 30.2 Å². The van der Waals surface area contributed by atoms with Gasteiger partial charge < -0.3 is 9.64 Å². The molecule has 0 spiro atoms. The number of hydrogen-bond donors (Lipinski definition) is 0. The molecule has 0 N–H and O–H groups in total. The van der Waals surface area contributed by atoms with E-state index in [1.165, 1.54) is 18.2 Å². The fourth-order valence-corrected chi connectivity index (χ4v) is 2.36. The lowest BCUT2D eigenvalue weighted by Gasteiger charge is -2.19. The van der Waals surface area contributed by atoms with E-state index in [4.69, 9.17) is 4.74 Å². The SMILES string of the molecule is CCN(Cc1ccc(OC)cc1)C(=O)/C=C/c1ccccc1[N+](=O)[O-]. The standard InChI is InChI=1S/C19H20N2O4/c1-3-20(14-15-8-11-17(25-2)12-9-15)19(22)13-10-16-6-4-5-7-18(16)21(23)24/h4-13H,3,14H2,1-2H3/b13-10+. The maximum absolute atomic E-state index is 12.4. The third-order valence-electron chi connectivity index (χ3n) is 3.76. The predicted molar refractivity (Wildman–Crippen MR) is 96.2 cm³/mol. The Balaban J connectivity index is 2.10. The molecule has 2 aromatic carbocycles. The average Bonchev–Trinajstić information content (AvgIpc) is 2.64. The van der Waals surface area contributed by atoms with Gasteiger partial charge in [0.25, 0.3) is 5.69 Å². The molecular formula is C19H20N2O4. The van der Waals surface area contributed by atoms with Crippen LogP contribution in [-0.4, -0.2) is 29.4 Å². The second-order valence-electron chi connectivity index (χ2n) is 5.35. The molecule has 0 bridgehead atoms. The number of methoxy groups -OCH3 is 1. The highest BCUT2D eigenvalue weighted by Gasteiger charge is 2.12. The highest BCUT2D eigenvalue weighted by molar-refractivity contribution is 5.92. The van der Waals surface area contributed by atoms with E-state index in [9.17, 15) is 14.9 Å². The summed E-state index contributed by atoms with van der Waals surface area (Å²) in [6, 6.07) is 13.8. The first-order valence-electron chi connectivity index (χ1n) is 7.88. The van der Waals surface area contributed by atoms with E-state index in [0.29, 0.717) is 18.7 Å². The van der Waals surface area contributed by atoms with Gasteiger partial charge >= 0.3 is 0 Å². The van der Waals surface area contributed by atoms with Crippen molar-refractivity contribution in [2.45, 2.75) is 13.5 Å². The third-order valence-corrected chi connectivity index (χ3v) is 3.76. The van der Waals surface area contributed by atoms with Crippen molar-refractivity contribution < 1.29 is 14.5 Å². The van der Waals surface area contributed by atoms with Crippen LogP contribution in [0.5, 0.6) is 5.75 Å². The van der Waals surface area contributed by atoms with Crippen LogP contribution in [0, 0.1) is 10.1 Å². The molecule has 0 radical (unpaired) electrons. The highest BCUT2D eigenvalue weighted by atomic mass is 16.6. The van der Waals surface area contributed by atoms with E-state index in [-0.39, 0.29) is 11.6 Å². The number of likely N-dealkylation sites (N-methyl/N-ethyl adjacent to an activating group) is 1. The van der Waals surface area contributed by atoms with Gasteiger partial charge in [-0.05, 0) is 36.8 Å². The minimum absolute atomic E-state index is 0.0234. The molecule has 0 aliphatic carbocycles. The topological polar surface area (TPSA) is 72.7 Å². The number of carbonyl (C=O) groups excluding carboxylic acids is 1. The first kappa shape index (κ1) is 18.2. The van der Waals surface area contributed by atoms with Gasteiger partial charge in [0.05, 0.1) is 17.6 Å². The molecule has 0 aliphatic rings. The summed E-state index contributed by atoms with van der Waals surface area (Å²) in [4.78, 5) is 24.6. The Morgan fingerprint density at radius 3 is 2.48 bits per heavy atom. The second kappa shape index (κ2) is 8.63. The number of benzene rings is 2. The monoisotopic (exact) mass is 340 g/mol. The van der Waals surface area contributed by atoms with Crippen LogP contribution >= 0.6 is 0 Å². The normalized spacial score (nSPS) is 10.6. The Morgan fingerprint density at radius 2 is 1.88 bits per heavy atom. The van der Waals surface area contributed by atoms with Gasteiger partial charge in [0.15, 0.2) is 0 Å². The maximum atomic E-state index is 12.4. The molecule has 0 saturated heterocycles. The van der Waals surface area contributed by atoms with Crippen molar-refractivity contribution in [1.82, 2.24) is 4.90 Å². The van der Waals surface area contributed by atoms with Gasteiger partial charge in [-0.15, -0.1) is 0 Å². The number of amides is 1. The molecule has 6 nitrogen and oxygen atoms in total. The van der Waals surface area contributed by atoms with Crippen LogP contribution in [0.1, 0.15) is 18.1 Å². The lowest BCUT2D eigenvalue weighted by atomic mass is 10.1. The van der Waals surface area contributed by atoms with Crippen molar-refractivity contribution >= 4 is 17.7 Å². The zero-order chi connectivity index (χ0) is 18.2. The van der Waals surface area contributed by atoms with Crippen molar-refractivity contribution in [3.05, 3.63) is 75.8 Å². The molecule has 0 aromatic heterocycles. The van der Waals surface area contributed by atoms with Crippen LogP contribution in [0.15, 0.2) is 54.6 Å². The quantitative estimate of drug-likeness (QED) is 0.438. The largest absolute Gasteiger partial charge is 0.497 e. The number of carbonyl (C=O) groups is 1. The number of nitro benzene ring substituents is 1. The molecule has 0 aliphatic heterocycles. The molecule has 6 heteroatoms. The second-order valence-corrected chi connectivity index (χ2v) is 5.35. The minimum Gasteiger partial charge on any atom is -0.497 e. The highest BCUT2D eigenvalue weighted by Crippen LogP contribution is 2.19. The summed E-state index contributed by atoms with van der Waals surface area (Å²) in [5.74, 6) is 0.561. The molecule has 25 heavy (non-hydrogen) atoms. The molecule has 1 amide bonds. The maximum Gasteiger partial charge on any atom is 0.276 e. The van der Waals surface area contributed by atoms with Gasteiger partial charge in [-0.2, -0.15) is 0 Å². The Hall–Kier alpha value is -3.15. The summed E-state index contributed by atoms with van der Waals surface area (Å²) < 4.78 is 5.12. The number of nitro groups is 1. The Morgan fingerprint density at radius 1 is 1.20 bits per heavy atom. The number of nitrogens with zero attached hydrogens (tertiary/aromatic N) is 2. The van der Waals surface area contributed by atoms with Gasteiger partial charge in [0.2, 0.25) is 5.91 Å². The van der Waals surface area contributed by atoms with Crippen molar-refractivity contribution in [1.29, 1.82) is 0 Å². The summed E-state index contributed by atoms with van der Waals surface area (Å²) in [5.41, 5.74) is 1.36. The summed E-state index contributed by atoms with van der Waals surface area (Å²) in [6.07, 6.45) is 2.85. The fraction of sp³-hybridized carbons (Fsp3) is 0.211. The molecule has 2 aromatic rings. The molecule has 0 heterocycles. The van der Waals surface area contributed by atoms with Gasteiger partial charge in [-0.25, -0.2) is 0 Å². The number of rotatable bonds is 7. The van der Waals surface area contributed by atoms with Crippen LogP contribution in [-0.2, 0) is 11.3 Å².